The fourth-order valence-corrected chi connectivity index (χ4v) is 5.06. The average molecular weight is 387 g/mol. The predicted molar refractivity (Wildman–Crippen MR) is 112 cm³/mol. The van der Waals surface area contributed by atoms with Gasteiger partial charge in [-0.3, -0.25) is 9.59 Å². The molecule has 5 heteroatoms. The Morgan fingerprint density at radius 2 is 2.19 bits per heavy atom. The van der Waals surface area contributed by atoms with E-state index in [4.69, 9.17) is 0 Å². The van der Waals surface area contributed by atoms with E-state index >= 15 is 0 Å². The monoisotopic (exact) mass is 386 g/mol. The van der Waals surface area contributed by atoms with Gasteiger partial charge in [0.1, 0.15) is 0 Å². The molecule has 146 valence electrons. The molecule has 0 spiro atoms. The molecule has 0 bridgehead atoms. The molecule has 1 heterocycles. The third-order valence-electron chi connectivity index (χ3n) is 5.34. The van der Waals surface area contributed by atoms with Crippen LogP contribution in [0.15, 0.2) is 29.2 Å². The fourth-order valence-electron chi connectivity index (χ4n) is 3.77. The first kappa shape index (κ1) is 20.0. The van der Waals surface area contributed by atoms with Crippen molar-refractivity contribution in [1.82, 2.24) is 10.6 Å². The Morgan fingerprint density at radius 1 is 1.37 bits per heavy atom. The number of hydrogen-bond donors (Lipinski definition) is 2. The van der Waals surface area contributed by atoms with Crippen LogP contribution in [0, 0.1) is 18.8 Å². The van der Waals surface area contributed by atoms with Crippen molar-refractivity contribution in [2.75, 3.05) is 6.54 Å². The van der Waals surface area contributed by atoms with Crippen molar-refractivity contribution in [2.24, 2.45) is 11.8 Å². The summed E-state index contributed by atoms with van der Waals surface area (Å²) in [5.74, 6) is 0.744. The number of amides is 2. The smallest absolute Gasteiger partial charge is 0.257 e. The van der Waals surface area contributed by atoms with Crippen molar-refractivity contribution in [3.63, 3.8) is 0 Å². The molecule has 3 atom stereocenters. The van der Waals surface area contributed by atoms with Gasteiger partial charge in [-0.05, 0) is 50.2 Å². The maximum absolute atomic E-state index is 12.6. The van der Waals surface area contributed by atoms with E-state index in [2.05, 4.69) is 43.5 Å². The van der Waals surface area contributed by atoms with E-state index in [0.29, 0.717) is 11.2 Å². The van der Waals surface area contributed by atoms with Gasteiger partial charge in [0, 0.05) is 23.8 Å². The molecule has 2 N–H and O–H groups in total. The van der Waals surface area contributed by atoms with E-state index in [1.54, 1.807) is 11.8 Å². The van der Waals surface area contributed by atoms with Gasteiger partial charge in [-0.15, -0.1) is 11.8 Å². The summed E-state index contributed by atoms with van der Waals surface area (Å²) < 4.78 is 0. The van der Waals surface area contributed by atoms with E-state index in [9.17, 15) is 9.59 Å². The summed E-state index contributed by atoms with van der Waals surface area (Å²) in [4.78, 5) is 25.8. The zero-order valence-corrected chi connectivity index (χ0v) is 17.3. The molecule has 1 aliphatic heterocycles. The van der Waals surface area contributed by atoms with Crippen LogP contribution in [0.25, 0.3) is 6.08 Å². The number of nitrogens with one attached hydrogen (secondary N) is 2. The molecule has 1 saturated carbocycles. The van der Waals surface area contributed by atoms with E-state index in [1.165, 1.54) is 5.56 Å². The molecule has 4 nitrogen and oxygen atoms in total. The van der Waals surface area contributed by atoms with E-state index in [-0.39, 0.29) is 23.8 Å². The first-order chi connectivity index (χ1) is 12.9. The summed E-state index contributed by atoms with van der Waals surface area (Å²) >= 11 is 1.68. The van der Waals surface area contributed by atoms with Crippen LogP contribution in [0.4, 0.5) is 0 Å². The lowest BCUT2D eigenvalue weighted by Gasteiger charge is -2.39. The van der Waals surface area contributed by atoms with Gasteiger partial charge in [-0.25, -0.2) is 0 Å². The summed E-state index contributed by atoms with van der Waals surface area (Å²) in [7, 11) is 0. The Bertz CT molecular complexity index is 729. The van der Waals surface area contributed by atoms with E-state index < -0.39 is 0 Å². The van der Waals surface area contributed by atoms with Crippen molar-refractivity contribution in [3.8, 4) is 0 Å². The van der Waals surface area contributed by atoms with Crippen LogP contribution in [0.3, 0.4) is 0 Å². The lowest BCUT2D eigenvalue weighted by Crippen LogP contribution is -2.51. The first-order valence-electron chi connectivity index (χ1n) is 9.96. The second-order valence-electron chi connectivity index (χ2n) is 8.14. The van der Waals surface area contributed by atoms with Gasteiger partial charge < -0.3 is 10.6 Å². The Kier molecular flexibility index (Phi) is 6.64. The molecule has 1 saturated heterocycles. The Labute approximate surface area is 166 Å². The van der Waals surface area contributed by atoms with Gasteiger partial charge in [0.15, 0.2) is 0 Å². The zero-order chi connectivity index (χ0) is 19.4. The van der Waals surface area contributed by atoms with Crippen LogP contribution in [0.1, 0.15) is 50.7 Å². The van der Waals surface area contributed by atoms with Gasteiger partial charge in [-0.2, -0.15) is 0 Å². The number of benzene rings is 1. The topological polar surface area (TPSA) is 58.2 Å². The highest BCUT2D eigenvalue weighted by Gasteiger charge is 2.39. The maximum Gasteiger partial charge on any atom is 0.257 e. The molecular formula is C22H30N2O2S. The standard InChI is InChI=1S/C22H30N2O2S/c1-14(2)9-10-23-21(25)17-7-8-19-18(13-17)24-22(26)20(27-19)12-16-6-4-5-15(3)11-16/h4-6,11-12,14,17-19H,7-10,13H2,1-3H3,(H,23,25)(H,24,26)/b20-12+. The molecule has 2 aliphatic rings. The Morgan fingerprint density at radius 3 is 2.93 bits per heavy atom. The number of hydrogen-bond acceptors (Lipinski definition) is 3. The van der Waals surface area contributed by atoms with Crippen LogP contribution >= 0.6 is 11.8 Å². The molecule has 0 radical (unpaired) electrons. The summed E-state index contributed by atoms with van der Waals surface area (Å²) in [6, 6.07) is 8.27. The largest absolute Gasteiger partial charge is 0.356 e. The van der Waals surface area contributed by atoms with Crippen LogP contribution < -0.4 is 10.6 Å². The number of carbonyl (C=O) groups is 2. The normalized spacial score (nSPS) is 26.6. The summed E-state index contributed by atoms with van der Waals surface area (Å²) in [6.45, 7) is 7.12. The van der Waals surface area contributed by atoms with E-state index in [1.807, 2.05) is 18.2 Å². The summed E-state index contributed by atoms with van der Waals surface area (Å²) in [5, 5.41) is 6.58. The fraction of sp³-hybridized carbons (Fsp3) is 0.545. The van der Waals surface area contributed by atoms with Crippen molar-refractivity contribution < 1.29 is 9.59 Å². The molecule has 1 aliphatic carbocycles. The molecule has 2 fully saturated rings. The quantitative estimate of drug-likeness (QED) is 0.755. The molecule has 2 amide bonds. The number of rotatable bonds is 5. The minimum Gasteiger partial charge on any atom is -0.356 e. The van der Waals surface area contributed by atoms with Crippen LogP contribution in [0.5, 0.6) is 0 Å². The van der Waals surface area contributed by atoms with E-state index in [0.717, 1.165) is 42.7 Å². The van der Waals surface area contributed by atoms with Crippen LogP contribution in [0.2, 0.25) is 0 Å². The minimum atomic E-state index is -0.0105. The van der Waals surface area contributed by atoms with Crippen LogP contribution in [-0.2, 0) is 9.59 Å². The number of fused-ring (bicyclic) bond motifs is 1. The molecule has 1 aromatic rings. The molecule has 0 aromatic heterocycles. The summed E-state index contributed by atoms with van der Waals surface area (Å²) in [6.07, 6.45) is 5.59. The highest BCUT2D eigenvalue weighted by molar-refractivity contribution is 8.04. The van der Waals surface area contributed by atoms with Gasteiger partial charge in [-0.1, -0.05) is 43.7 Å². The van der Waals surface area contributed by atoms with Crippen molar-refractivity contribution >= 4 is 29.7 Å². The molecule has 3 unspecified atom stereocenters. The van der Waals surface area contributed by atoms with Gasteiger partial charge in [0.25, 0.3) is 5.91 Å². The third kappa shape index (κ3) is 5.38. The Hall–Kier alpha value is -1.75. The molecule has 1 aromatic carbocycles. The lowest BCUT2D eigenvalue weighted by molar-refractivity contribution is -0.127. The number of carbonyl (C=O) groups excluding carboxylic acids is 2. The van der Waals surface area contributed by atoms with Gasteiger partial charge in [0.05, 0.1) is 4.91 Å². The zero-order valence-electron chi connectivity index (χ0n) is 16.5. The van der Waals surface area contributed by atoms with Crippen molar-refractivity contribution in [1.29, 1.82) is 0 Å². The van der Waals surface area contributed by atoms with Crippen molar-refractivity contribution in [2.45, 2.75) is 57.7 Å². The predicted octanol–water partition coefficient (Wildman–Crippen LogP) is 3.90. The average Bonchev–Trinajstić information content (AvgIpc) is 2.61. The maximum atomic E-state index is 12.6. The second-order valence-corrected chi connectivity index (χ2v) is 9.42. The van der Waals surface area contributed by atoms with Gasteiger partial charge in [0.2, 0.25) is 5.91 Å². The molecular weight excluding hydrogens is 356 g/mol. The number of aryl methyl sites for hydroxylation is 1. The van der Waals surface area contributed by atoms with Crippen LogP contribution in [-0.4, -0.2) is 29.7 Å². The molecule has 3 rings (SSSR count). The molecule has 27 heavy (non-hydrogen) atoms. The second kappa shape index (κ2) is 8.96. The minimum absolute atomic E-state index is 0.0105. The number of thioether (sulfide) groups is 1. The highest BCUT2D eigenvalue weighted by Crippen LogP contribution is 2.39. The highest BCUT2D eigenvalue weighted by atomic mass is 32.2. The SMILES string of the molecule is Cc1cccc(/C=C2/SC3CCC(C(=O)NCCC(C)C)CC3NC2=O)c1. The summed E-state index contributed by atoms with van der Waals surface area (Å²) in [5.41, 5.74) is 2.25. The van der Waals surface area contributed by atoms with Gasteiger partial charge >= 0.3 is 0 Å². The van der Waals surface area contributed by atoms with Crippen molar-refractivity contribution in [3.05, 3.63) is 40.3 Å². The lowest BCUT2D eigenvalue weighted by atomic mass is 9.84. The Balaban J connectivity index is 1.58. The first-order valence-corrected chi connectivity index (χ1v) is 10.8. The third-order valence-corrected chi connectivity index (χ3v) is 6.76.